The molecule has 0 aromatic carbocycles. The molecule has 0 amide bonds. The molecule has 5 heteroatoms. The van der Waals surface area contributed by atoms with Crippen LogP contribution in [0, 0.1) is 4.77 Å². The minimum atomic E-state index is -0.108. The van der Waals surface area contributed by atoms with Gasteiger partial charge < -0.3 is 9.30 Å². The summed E-state index contributed by atoms with van der Waals surface area (Å²) in [5, 5.41) is 0. The van der Waals surface area contributed by atoms with E-state index in [1.54, 1.807) is 10.8 Å². The summed E-state index contributed by atoms with van der Waals surface area (Å²) in [6, 6.07) is 0. The minimum absolute atomic E-state index is 0.108. The molecule has 0 unspecified atom stereocenters. The molecule has 1 aromatic rings. The first-order valence-corrected chi connectivity index (χ1v) is 5.39. The van der Waals surface area contributed by atoms with Gasteiger partial charge >= 0.3 is 0 Å². The van der Waals surface area contributed by atoms with Gasteiger partial charge in [0.15, 0.2) is 4.77 Å². The first kappa shape index (κ1) is 12.1. The predicted molar refractivity (Wildman–Crippen MR) is 61.5 cm³/mol. The topological polar surface area (TPSA) is 47.0 Å². The molecule has 0 aliphatic carbocycles. The monoisotopic (exact) mass is 228 g/mol. The maximum atomic E-state index is 11.4. The molecule has 4 nitrogen and oxygen atoms in total. The van der Waals surface area contributed by atoms with Crippen LogP contribution < -0.4 is 5.56 Å². The lowest BCUT2D eigenvalue weighted by Crippen LogP contribution is -2.19. The highest BCUT2D eigenvalue weighted by Gasteiger charge is 2.01. The van der Waals surface area contributed by atoms with Gasteiger partial charge in [-0.25, -0.2) is 0 Å². The van der Waals surface area contributed by atoms with E-state index in [1.807, 2.05) is 20.8 Å². The first-order chi connectivity index (χ1) is 7.04. The Morgan fingerprint density at radius 3 is 2.80 bits per heavy atom. The lowest BCUT2D eigenvalue weighted by Gasteiger charge is -2.11. The SMILES string of the molecule is CCc1cn(COC(C)C)c(=S)[nH]c1=O. The van der Waals surface area contributed by atoms with Crippen molar-refractivity contribution in [1.82, 2.24) is 9.55 Å². The quantitative estimate of drug-likeness (QED) is 0.800. The van der Waals surface area contributed by atoms with Crippen LogP contribution in [0.1, 0.15) is 26.3 Å². The Morgan fingerprint density at radius 2 is 2.27 bits per heavy atom. The van der Waals surface area contributed by atoms with Crippen molar-refractivity contribution in [2.75, 3.05) is 0 Å². The van der Waals surface area contributed by atoms with Crippen molar-refractivity contribution >= 4 is 12.2 Å². The van der Waals surface area contributed by atoms with Crippen molar-refractivity contribution < 1.29 is 4.74 Å². The third kappa shape index (κ3) is 3.28. The van der Waals surface area contributed by atoms with Gasteiger partial charge in [-0.3, -0.25) is 9.78 Å². The predicted octanol–water partition coefficient (Wildman–Crippen LogP) is 1.85. The summed E-state index contributed by atoms with van der Waals surface area (Å²) in [6.07, 6.45) is 2.58. The average Bonchev–Trinajstić information content (AvgIpc) is 2.16. The highest BCUT2D eigenvalue weighted by Crippen LogP contribution is 1.97. The second-order valence-electron chi connectivity index (χ2n) is 3.58. The van der Waals surface area contributed by atoms with Crippen molar-refractivity contribution in [2.45, 2.75) is 40.0 Å². The van der Waals surface area contributed by atoms with Gasteiger partial charge in [-0.2, -0.15) is 0 Å². The number of aryl methyl sites for hydroxylation is 1. The highest BCUT2D eigenvalue weighted by molar-refractivity contribution is 7.71. The maximum Gasteiger partial charge on any atom is 0.254 e. The normalized spacial score (nSPS) is 10.9. The highest BCUT2D eigenvalue weighted by atomic mass is 32.1. The fraction of sp³-hybridized carbons (Fsp3) is 0.600. The van der Waals surface area contributed by atoms with Crippen molar-refractivity contribution in [2.24, 2.45) is 0 Å². The van der Waals surface area contributed by atoms with E-state index in [1.165, 1.54) is 0 Å². The van der Waals surface area contributed by atoms with Gasteiger partial charge in [0.2, 0.25) is 0 Å². The van der Waals surface area contributed by atoms with E-state index in [0.29, 0.717) is 17.9 Å². The fourth-order valence-electron chi connectivity index (χ4n) is 1.13. The van der Waals surface area contributed by atoms with E-state index in [2.05, 4.69) is 4.98 Å². The summed E-state index contributed by atoms with van der Waals surface area (Å²) in [6.45, 7) is 6.22. The average molecular weight is 228 g/mol. The van der Waals surface area contributed by atoms with Gasteiger partial charge in [0.05, 0.1) is 6.10 Å². The summed E-state index contributed by atoms with van der Waals surface area (Å²) in [4.78, 5) is 14.0. The molecule has 0 spiro atoms. The van der Waals surface area contributed by atoms with E-state index >= 15 is 0 Å². The van der Waals surface area contributed by atoms with Gasteiger partial charge in [-0.15, -0.1) is 0 Å². The second-order valence-corrected chi connectivity index (χ2v) is 3.97. The molecule has 0 atom stereocenters. The molecule has 0 radical (unpaired) electrons. The van der Waals surface area contributed by atoms with Crippen LogP contribution in [-0.2, 0) is 17.9 Å². The van der Waals surface area contributed by atoms with Gasteiger partial charge in [0.25, 0.3) is 5.56 Å². The molecule has 1 heterocycles. The fourth-order valence-corrected chi connectivity index (χ4v) is 1.33. The van der Waals surface area contributed by atoms with Crippen molar-refractivity contribution in [1.29, 1.82) is 0 Å². The van der Waals surface area contributed by atoms with Gasteiger partial charge in [0.1, 0.15) is 6.73 Å². The zero-order valence-electron chi connectivity index (χ0n) is 9.24. The molecular weight excluding hydrogens is 212 g/mol. The Hall–Kier alpha value is -0.940. The Balaban J connectivity index is 2.98. The Kier molecular flexibility index (Phi) is 4.23. The van der Waals surface area contributed by atoms with Crippen LogP contribution in [0.2, 0.25) is 0 Å². The Morgan fingerprint density at radius 1 is 1.60 bits per heavy atom. The Labute approximate surface area is 93.9 Å². The van der Waals surface area contributed by atoms with E-state index in [0.717, 1.165) is 5.56 Å². The van der Waals surface area contributed by atoms with Gasteiger partial charge in [-0.05, 0) is 32.5 Å². The number of nitrogens with one attached hydrogen (secondary N) is 1. The van der Waals surface area contributed by atoms with Crippen LogP contribution in [0.15, 0.2) is 11.0 Å². The number of hydrogen-bond acceptors (Lipinski definition) is 3. The third-order valence-electron chi connectivity index (χ3n) is 2.01. The summed E-state index contributed by atoms with van der Waals surface area (Å²) in [7, 11) is 0. The Bertz CT molecular complexity index is 434. The number of aromatic amines is 1. The molecule has 0 aliphatic rings. The van der Waals surface area contributed by atoms with Crippen LogP contribution in [0.5, 0.6) is 0 Å². The van der Waals surface area contributed by atoms with E-state index < -0.39 is 0 Å². The molecule has 0 saturated heterocycles. The summed E-state index contributed by atoms with van der Waals surface area (Å²) >= 11 is 5.03. The largest absolute Gasteiger partial charge is 0.358 e. The van der Waals surface area contributed by atoms with Crippen LogP contribution in [0.3, 0.4) is 0 Å². The number of H-pyrrole nitrogens is 1. The molecule has 1 rings (SSSR count). The number of rotatable bonds is 4. The van der Waals surface area contributed by atoms with E-state index in [-0.39, 0.29) is 11.7 Å². The lowest BCUT2D eigenvalue weighted by atomic mass is 10.3. The second kappa shape index (κ2) is 5.23. The number of nitrogens with zero attached hydrogens (tertiary/aromatic N) is 1. The third-order valence-corrected chi connectivity index (χ3v) is 2.35. The van der Waals surface area contributed by atoms with Crippen LogP contribution in [0.25, 0.3) is 0 Å². The maximum absolute atomic E-state index is 11.4. The first-order valence-electron chi connectivity index (χ1n) is 4.98. The smallest absolute Gasteiger partial charge is 0.254 e. The molecule has 84 valence electrons. The summed E-state index contributed by atoms with van der Waals surface area (Å²) in [5.41, 5.74) is 0.610. The molecule has 15 heavy (non-hydrogen) atoms. The standard InChI is InChI=1S/C10H16N2O2S/c1-4-8-5-12(6-14-7(2)3)10(15)11-9(8)13/h5,7H,4,6H2,1-3H3,(H,11,13,15). The zero-order valence-corrected chi connectivity index (χ0v) is 10.1. The van der Waals surface area contributed by atoms with Crippen molar-refractivity contribution in [3.63, 3.8) is 0 Å². The number of hydrogen-bond donors (Lipinski definition) is 1. The van der Waals surface area contributed by atoms with Crippen molar-refractivity contribution in [3.05, 3.63) is 26.9 Å². The molecule has 0 saturated carbocycles. The minimum Gasteiger partial charge on any atom is -0.358 e. The van der Waals surface area contributed by atoms with Crippen molar-refractivity contribution in [3.8, 4) is 0 Å². The van der Waals surface area contributed by atoms with Crippen LogP contribution in [0.4, 0.5) is 0 Å². The number of ether oxygens (including phenoxy) is 1. The molecular formula is C10H16N2O2S. The summed E-state index contributed by atoms with van der Waals surface area (Å²) in [5.74, 6) is 0. The number of aromatic nitrogens is 2. The molecule has 1 N–H and O–H groups in total. The van der Waals surface area contributed by atoms with E-state index in [9.17, 15) is 4.79 Å². The van der Waals surface area contributed by atoms with Crippen LogP contribution >= 0.6 is 12.2 Å². The molecule has 1 aromatic heterocycles. The lowest BCUT2D eigenvalue weighted by molar-refractivity contribution is 0.0269. The van der Waals surface area contributed by atoms with Crippen LogP contribution in [-0.4, -0.2) is 15.7 Å². The van der Waals surface area contributed by atoms with E-state index in [4.69, 9.17) is 17.0 Å². The molecule has 0 aliphatic heterocycles. The van der Waals surface area contributed by atoms with Gasteiger partial charge in [0, 0.05) is 11.8 Å². The molecule has 0 bridgehead atoms. The summed E-state index contributed by atoms with van der Waals surface area (Å²) < 4.78 is 7.55. The zero-order chi connectivity index (χ0) is 11.4. The molecule has 0 fully saturated rings. The van der Waals surface area contributed by atoms with Gasteiger partial charge in [-0.1, -0.05) is 6.92 Å².